The van der Waals surface area contributed by atoms with Gasteiger partial charge in [0, 0.05) is 24.8 Å². The van der Waals surface area contributed by atoms with Gasteiger partial charge in [-0.3, -0.25) is 9.97 Å². The van der Waals surface area contributed by atoms with Crippen LogP contribution in [0.25, 0.3) is 24.3 Å². The third-order valence-corrected chi connectivity index (χ3v) is 13.5. The Morgan fingerprint density at radius 1 is 0.571 bits per heavy atom. The molecule has 0 unspecified atom stereocenters. The number of benzene rings is 2. The zero-order chi connectivity index (χ0) is 29.8. The third-order valence-electron chi connectivity index (χ3n) is 8.67. The minimum atomic E-state index is -1.78. The molecular weight excluding hydrogens is 529 g/mol. The molecular formula is C38H46N2OSi. The number of pyridine rings is 2. The lowest BCUT2D eigenvalue weighted by Crippen LogP contribution is -2.49. The van der Waals surface area contributed by atoms with Crippen LogP contribution in [0.3, 0.4) is 0 Å². The van der Waals surface area contributed by atoms with E-state index < -0.39 is 8.32 Å². The van der Waals surface area contributed by atoms with Crippen LogP contribution in [0.15, 0.2) is 97.6 Å². The highest BCUT2D eigenvalue weighted by atomic mass is 28.4. The fourth-order valence-corrected chi connectivity index (χ4v) is 8.82. The molecule has 218 valence electrons. The maximum atomic E-state index is 7.21. The molecule has 0 aliphatic carbocycles. The molecule has 0 amide bonds. The predicted molar refractivity (Wildman–Crippen MR) is 182 cm³/mol. The molecule has 0 N–H and O–H groups in total. The van der Waals surface area contributed by atoms with Crippen molar-refractivity contribution in [2.75, 3.05) is 0 Å². The van der Waals surface area contributed by atoms with E-state index in [1.807, 2.05) is 49.1 Å². The van der Waals surface area contributed by atoms with Crippen molar-refractivity contribution < 1.29 is 4.43 Å². The van der Waals surface area contributed by atoms with Gasteiger partial charge in [0.2, 0.25) is 0 Å². The summed E-state index contributed by atoms with van der Waals surface area (Å²) in [5.41, 5.74) is 7.19. The van der Waals surface area contributed by atoms with Gasteiger partial charge in [-0.2, -0.15) is 0 Å². The summed E-state index contributed by atoms with van der Waals surface area (Å²) < 4.78 is 7.21. The first-order chi connectivity index (χ1) is 20.3. The van der Waals surface area contributed by atoms with Crippen LogP contribution < -0.4 is 0 Å². The quantitative estimate of drug-likeness (QED) is 0.141. The summed E-state index contributed by atoms with van der Waals surface area (Å²) in [4.78, 5) is 8.21. The van der Waals surface area contributed by atoms with Crippen LogP contribution in [0.5, 0.6) is 0 Å². The highest BCUT2D eigenvalue weighted by Crippen LogP contribution is 2.35. The molecule has 4 heteroatoms. The Morgan fingerprint density at radius 2 is 0.905 bits per heavy atom. The molecule has 0 bridgehead atoms. The standard InChI is InChI=1S/C38H46N2OSi/c1-6-42(7-2,8-3)41-38(4,5)37(29-35-17-13-31(14-18-35)9-11-33-21-25-39-26-22-33)30-36-19-15-32(16-20-36)10-12-34-23-27-40-28-24-34/h9-28,37H,6-8,29-30H2,1-5H3/b11-9+,12-10+. The molecule has 0 atom stereocenters. The van der Waals surface area contributed by atoms with E-state index in [1.54, 1.807) is 0 Å². The van der Waals surface area contributed by atoms with Crippen LogP contribution in [0, 0.1) is 5.92 Å². The maximum absolute atomic E-state index is 7.21. The molecule has 4 aromatic rings. The molecule has 2 aromatic carbocycles. The van der Waals surface area contributed by atoms with Gasteiger partial charge in [0.05, 0.1) is 5.60 Å². The molecule has 0 spiro atoms. The largest absolute Gasteiger partial charge is 0.412 e. The molecule has 0 aliphatic rings. The van der Waals surface area contributed by atoms with E-state index in [1.165, 1.54) is 22.3 Å². The Bertz CT molecular complexity index is 1300. The topological polar surface area (TPSA) is 35.0 Å². The Hall–Kier alpha value is -3.60. The average molecular weight is 575 g/mol. The van der Waals surface area contributed by atoms with Crippen molar-refractivity contribution in [3.8, 4) is 0 Å². The number of rotatable bonds is 14. The molecule has 42 heavy (non-hydrogen) atoms. The van der Waals surface area contributed by atoms with Gasteiger partial charge >= 0.3 is 0 Å². The Morgan fingerprint density at radius 3 is 1.24 bits per heavy atom. The van der Waals surface area contributed by atoms with Gasteiger partial charge in [-0.15, -0.1) is 0 Å². The van der Waals surface area contributed by atoms with Crippen molar-refractivity contribution >= 4 is 32.6 Å². The Balaban J connectivity index is 1.53. The predicted octanol–water partition coefficient (Wildman–Crippen LogP) is 10.0. The zero-order valence-electron chi connectivity index (χ0n) is 26.0. The van der Waals surface area contributed by atoms with Gasteiger partial charge in [0.1, 0.15) is 0 Å². The number of hydrogen-bond acceptors (Lipinski definition) is 3. The van der Waals surface area contributed by atoms with Gasteiger partial charge in [-0.25, -0.2) is 0 Å². The lowest BCUT2D eigenvalue weighted by atomic mass is 9.81. The highest BCUT2D eigenvalue weighted by Gasteiger charge is 2.39. The molecule has 0 saturated carbocycles. The minimum Gasteiger partial charge on any atom is -0.412 e. The van der Waals surface area contributed by atoms with Crippen LogP contribution in [0.2, 0.25) is 18.1 Å². The van der Waals surface area contributed by atoms with Gasteiger partial charge in [-0.05, 0) is 108 Å². The van der Waals surface area contributed by atoms with Crippen LogP contribution in [-0.2, 0) is 17.3 Å². The van der Waals surface area contributed by atoms with Gasteiger partial charge < -0.3 is 4.43 Å². The molecule has 0 radical (unpaired) electrons. The first-order valence-electron chi connectivity index (χ1n) is 15.4. The molecule has 3 nitrogen and oxygen atoms in total. The molecule has 2 heterocycles. The van der Waals surface area contributed by atoms with Crippen molar-refractivity contribution in [1.29, 1.82) is 0 Å². The van der Waals surface area contributed by atoms with E-state index >= 15 is 0 Å². The fraction of sp³-hybridized carbons (Fsp3) is 0.316. The summed E-state index contributed by atoms with van der Waals surface area (Å²) in [5, 5.41) is 0. The van der Waals surface area contributed by atoms with E-state index in [-0.39, 0.29) is 5.60 Å². The second kappa shape index (κ2) is 15.0. The number of hydrogen-bond donors (Lipinski definition) is 0. The van der Waals surface area contributed by atoms with E-state index in [0.717, 1.165) is 42.1 Å². The van der Waals surface area contributed by atoms with Crippen molar-refractivity contribution in [1.82, 2.24) is 9.97 Å². The lowest BCUT2D eigenvalue weighted by Gasteiger charge is -2.43. The van der Waals surface area contributed by atoms with Crippen molar-refractivity contribution in [3.05, 3.63) is 131 Å². The van der Waals surface area contributed by atoms with Crippen molar-refractivity contribution in [2.45, 2.75) is 71.2 Å². The number of nitrogens with zero attached hydrogens (tertiary/aromatic N) is 2. The highest BCUT2D eigenvalue weighted by molar-refractivity contribution is 6.73. The Labute approximate surface area is 254 Å². The maximum Gasteiger partial charge on any atom is 0.192 e. The second-order valence-electron chi connectivity index (χ2n) is 11.8. The second-order valence-corrected chi connectivity index (χ2v) is 16.5. The minimum absolute atomic E-state index is 0.228. The monoisotopic (exact) mass is 574 g/mol. The summed E-state index contributed by atoms with van der Waals surface area (Å²) in [6, 6.07) is 29.6. The van der Waals surface area contributed by atoms with Crippen LogP contribution in [-0.4, -0.2) is 23.9 Å². The van der Waals surface area contributed by atoms with E-state index in [4.69, 9.17) is 4.43 Å². The molecule has 0 saturated heterocycles. The lowest BCUT2D eigenvalue weighted by molar-refractivity contribution is 0.0316. The Kier molecular flexibility index (Phi) is 11.2. The van der Waals surface area contributed by atoms with E-state index in [9.17, 15) is 0 Å². The first-order valence-corrected chi connectivity index (χ1v) is 17.9. The van der Waals surface area contributed by atoms with E-state index in [0.29, 0.717) is 5.92 Å². The SMILES string of the molecule is CC[Si](CC)(CC)OC(C)(C)C(Cc1ccc(/C=C/c2ccncc2)cc1)Cc1ccc(/C=C/c2ccncc2)cc1. The average Bonchev–Trinajstić information content (AvgIpc) is 3.03. The first kappa shape index (κ1) is 31.3. The van der Waals surface area contributed by atoms with Crippen molar-refractivity contribution in [2.24, 2.45) is 5.92 Å². The van der Waals surface area contributed by atoms with Gasteiger partial charge in [0.25, 0.3) is 0 Å². The summed E-state index contributed by atoms with van der Waals surface area (Å²) in [6.07, 6.45) is 17.9. The summed E-state index contributed by atoms with van der Waals surface area (Å²) >= 11 is 0. The third kappa shape index (κ3) is 8.95. The smallest absolute Gasteiger partial charge is 0.192 e. The molecule has 0 fully saturated rings. The van der Waals surface area contributed by atoms with Gasteiger partial charge in [-0.1, -0.05) is 93.6 Å². The summed E-state index contributed by atoms with van der Waals surface area (Å²) in [7, 11) is -1.78. The van der Waals surface area contributed by atoms with E-state index in [2.05, 4.69) is 117 Å². The fourth-order valence-electron chi connectivity index (χ4n) is 5.60. The summed E-state index contributed by atoms with van der Waals surface area (Å²) in [6.45, 7) is 11.6. The normalized spacial score (nSPS) is 12.5. The van der Waals surface area contributed by atoms with Crippen LogP contribution >= 0.6 is 0 Å². The summed E-state index contributed by atoms with van der Waals surface area (Å²) in [5.74, 6) is 0.352. The van der Waals surface area contributed by atoms with Crippen molar-refractivity contribution in [3.63, 3.8) is 0 Å². The van der Waals surface area contributed by atoms with Crippen LogP contribution in [0.1, 0.15) is 68.0 Å². The zero-order valence-corrected chi connectivity index (χ0v) is 27.0. The molecule has 4 rings (SSSR count). The molecule has 0 aliphatic heterocycles. The van der Waals surface area contributed by atoms with Crippen LogP contribution in [0.4, 0.5) is 0 Å². The van der Waals surface area contributed by atoms with Gasteiger partial charge in [0.15, 0.2) is 8.32 Å². The molecule has 2 aromatic heterocycles. The number of aromatic nitrogens is 2.